The first-order valence-electron chi connectivity index (χ1n) is 6.70. The Kier molecular flexibility index (Phi) is 4.97. The van der Waals surface area contributed by atoms with Crippen LogP contribution in [-0.2, 0) is 23.8 Å². The van der Waals surface area contributed by atoms with E-state index in [2.05, 4.69) is 4.74 Å². The van der Waals surface area contributed by atoms with E-state index in [0.717, 1.165) is 31.4 Å². The molecule has 1 aromatic carbocycles. The van der Waals surface area contributed by atoms with Gasteiger partial charge >= 0.3 is 5.97 Å². The molecular weight excluding hydrogens is 330 g/mol. The van der Waals surface area contributed by atoms with Crippen LogP contribution in [0.2, 0.25) is 0 Å². The number of hydrogen-bond donors (Lipinski definition) is 1. The number of nitro groups is 1. The minimum atomic E-state index is -4.39. The van der Waals surface area contributed by atoms with Crippen LogP contribution in [0, 0.1) is 16.0 Å². The quantitative estimate of drug-likeness (QED) is 0.329. The zero-order chi connectivity index (χ0) is 17.2. The number of benzene rings is 1. The number of carbonyl (C=O) groups is 1. The largest absolute Gasteiger partial charge is 0.467 e. The van der Waals surface area contributed by atoms with Gasteiger partial charge in [-0.25, -0.2) is 8.98 Å². The highest BCUT2D eigenvalue weighted by Crippen LogP contribution is 2.35. The summed E-state index contributed by atoms with van der Waals surface area (Å²) < 4.78 is 33.6. The molecule has 0 spiro atoms. The number of aliphatic hydroxyl groups is 1. The van der Waals surface area contributed by atoms with Crippen LogP contribution >= 0.6 is 0 Å². The summed E-state index contributed by atoms with van der Waals surface area (Å²) in [6, 6.07) is 3.98. The molecule has 0 radical (unpaired) electrons. The number of nitro benzene ring substituents is 1. The zero-order valence-electron chi connectivity index (χ0n) is 12.1. The molecule has 2 rings (SSSR count). The van der Waals surface area contributed by atoms with E-state index in [1.165, 1.54) is 0 Å². The van der Waals surface area contributed by atoms with Crippen LogP contribution in [0.3, 0.4) is 0 Å². The van der Waals surface area contributed by atoms with Crippen molar-refractivity contribution in [3.8, 4) is 0 Å². The van der Waals surface area contributed by atoms with Crippen molar-refractivity contribution in [1.29, 1.82) is 0 Å². The van der Waals surface area contributed by atoms with E-state index in [4.69, 9.17) is 4.18 Å². The van der Waals surface area contributed by atoms with E-state index < -0.39 is 33.2 Å². The summed E-state index contributed by atoms with van der Waals surface area (Å²) in [5, 5.41) is 20.6. The van der Waals surface area contributed by atoms with Gasteiger partial charge in [-0.15, -0.1) is 0 Å². The monoisotopic (exact) mass is 345 g/mol. The van der Waals surface area contributed by atoms with E-state index in [-0.39, 0.29) is 16.5 Å². The molecule has 126 valence electrons. The second-order valence-electron chi connectivity index (χ2n) is 5.07. The third-order valence-corrected chi connectivity index (χ3v) is 4.73. The van der Waals surface area contributed by atoms with Crippen LogP contribution in [0.5, 0.6) is 0 Å². The molecule has 2 atom stereocenters. The van der Waals surface area contributed by atoms with Crippen molar-refractivity contribution >= 4 is 21.8 Å². The summed E-state index contributed by atoms with van der Waals surface area (Å²) in [4.78, 5) is 21.2. The summed E-state index contributed by atoms with van der Waals surface area (Å²) in [5.74, 6) is -1.22. The van der Waals surface area contributed by atoms with E-state index in [9.17, 15) is 28.4 Å². The highest BCUT2D eigenvalue weighted by molar-refractivity contribution is 7.86. The molecule has 10 heteroatoms. The Bertz CT molecular complexity index is 695. The van der Waals surface area contributed by atoms with Gasteiger partial charge in [0.15, 0.2) is 0 Å². The van der Waals surface area contributed by atoms with E-state index in [0.29, 0.717) is 12.8 Å². The Labute approximate surface area is 132 Å². The number of esters is 1. The first-order chi connectivity index (χ1) is 10.8. The van der Waals surface area contributed by atoms with Crippen molar-refractivity contribution in [1.82, 2.24) is 0 Å². The fourth-order valence-electron chi connectivity index (χ4n) is 1.96. The highest BCUT2D eigenvalue weighted by Gasteiger charge is 2.42. The van der Waals surface area contributed by atoms with Gasteiger partial charge in [0.2, 0.25) is 6.10 Å². The van der Waals surface area contributed by atoms with Crippen LogP contribution in [0.15, 0.2) is 29.2 Å². The van der Waals surface area contributed by atoms with Gasteiger partial charge in [0.25, 0.3) is 15.8 Å². The minimum absolute atomic E-state index is 0.217. The SMILES string of the molecule is COC(=O)[C@@H](OS(=O)(=O)c1ccc([N+](=O)[O-])cc1)[C@H](O)C1CC1. The first kappa shape index (κ1) is 17.3. The molecule has 1 saturated carbocycles. The van der Waals surface area contributed by atoms with Gasteiger partial charge in [0, 0.05) is 12.1 Å². The summed E-state index contributed by atoms with van der Waals surface area (Å²) in [6.45, 7) is 0. The number of non-ortho nitro benzene ring substituents is 1. The van der Waals surface area contributed by atoms with Gasteiger partial charge in [-0.05, 0) is 30.9 Å². The van der Waals surface area contributed by atoms with Crippen LogP contribution in [0.25, 0.3) is 0 Å². The third kappa shape index (κ3) is 4.03. The summed E-state index contributed by atoms with van der Waals surface area (Å²) in [6.07, 6.45) is -1.64. The van der Waals surface area contributed by atoms with Crippen LogP contribution in [0.1, 0.15) is 12.8 Å². The molecular formula is C13H15NO8S. The van der Waals surface area contributed by atoms with Crippen LogP contribution in [-0.4, -0.2) is 43.7 Å². The minimum Gasteiger partial charge on any atom is -0.467 e. The van der Waals surface area contributed by atoms with E-state index in [1.54, 1.807) is 0 Å². The van der Waals surface area contributed by atoms with Crippen LogP contribution in [0.4, 0.5) is 5.69 Å². The summed E-state index contributed by atoms with van der Waals surface area (Å²) >= 11 is 0. The van der Waals surface area contributed by atoms with Crippen molar-refractivity contribution < 1.29 is 32.2 Å². The maximum absolute atomic E-state index is 12.2. The third-order valence-electron chi connectivity index (χ3n) is 3.42. The van der Waals surface area contributed by atoms with Gasteiger partial charge in [-0.3, -0.25) is 10.1 Å². The van der Waals surface area contributed by atoms with Crippen molar-refractivity contribution in [3.63, 3.8) is 0 Å². The van der Waals surface area contributed by atoms with Crippen molar-refractivity contribution in [3.05, 3.63) is 34.4 Å². The highest BCUT2D eigenvalue weighted by atomic mass is 32.2. The second kappa shape index (κ2) is 6.60. The maximum Gasteiger partial charge on any atom is 0.339 e. The fraction of sp³-hybridized carbons (Fsp3) is 0.462. The Morgan fingerprint density at radius 3 is 2.35 bits per heavy atom. The number of hydrogen-bond acceptors (Lipinski definition) is 8. The normalized spacial score (nSPS) is 17.3. The standard InChI is InChI=1S/C13H15NO8S/c1-21-13(16)12(11(15)8-2-3-8)22-23(19,20)10-6-4-9(5-7-10)14(17)18/h4-8,11-12,15H,2-3H2,1H3/t11-,12+/m1/s1. The molecule has 1 N–H and O–H groups in total. The molecule has 0 unspecified atom stereocenters. The number of methoxy groups -OCH3 is 1. The lowest BCUT2D eigenvalue weighted by Gasteiger charge is -2.20. The fourth-order valence-corrected chi connectivity index (χ4v) is 3.01. The maximum atomic E-state index is 12.2. The lowest BCUT2D eigenvalue weighted by Crippen LogP contribution is -2.40. The Hall–Kier alpha value is -2.04. The number of nitrogens with zero attached hydrogens (tertiary/aromatic N) is 1. The van der Waals surface area contributed by atoms with Gasteiger partial charge in [0.05, 0.1) is 23.0 Å². The molecule has 0 aromatic heterocycles. The molecule has 0 bridgehead atoms. The lowest BCUT2D eigenvalue weighted by atomic mass is 10.1. The van der Waals surface area contributed by atoms with Crippen molar-refractivity contribution in [2.75, 3.05) is 7.11 Å². The molecule has 1 fully saturated rings. The van der Waals surface area contributed by atoms with Crippen molar-refractivity contribution in [2.24, 2.45) is 5.92 Å². The predicted octanol–water partition coefficient (Wildman–Crippen LogP) is 0.613. The van der Waals surface area contributed by atoms with Gasteiger partial charge in [0.1, 0.15) is 0 Å². The Morgan fingerprint density at radius 1 is 1.35 bits per heavy atom. The topological polar surface area (TPSA) is 133 Å². The van der Waals surface area contributed by atoms with Crippen LogP contribution < -0.4 is 0 Å². The molecule has 0 amide bonds. The predicted molar refractivity (Wildman–Crippen MR) is 75.9 cm³/mol. The van der Waals surface area contributed by atoms with Gasteiger partial charge < -0.3 is 9.84 Å². The smallest absolute Gasteiger partial charge is 0.339 e. The average molecular weight is 345 g/mol. The number of rotatable bonds is 7. The zero-order valence-corrected chi connectivity index (χ0v) is 12.9. The molecule has 0 saturated heterocycles. The molecule has 9 nitrogen and oxygen atoms in total. The Balaban J connectivity index is 2.22. The van der Waals surface area contributed by atoms with Crippen molar-refractivity contribution in [2.45, 2.75) is 29.9 Å². The number of carbonyl (C=O) groups excluding carboxylic acids is 1. The average Bonchev–Trinajstić information content (AvgIpc) is 3.36. The van der Waals surface area contributed by atoms with Gasteiger partial charge in [-0.1, -0.05) is 0 Å². The molecule has 0 heterocycles. The number of ether oxygens (including phenoxy) is 1. The summed E-state index contributed by atoms with van der Waals surface area (Å²) in [7, 11) is -3.34. The molecule has 1 aromatic rings. The van der Waals surface area contributed by atoms with Gasteiger partial charge in [-0.2, -0.15) is 8.42 Å². The Morgan fingerprint density at radius 2 is 1.91 bits per heavy atom. The lowest BCUT2D eigenvalue weighted by molar-refractivity contribution is -0.384. The first-order valence-corrected chi connectivity index (χ1v) is 8.10. The van der Waals surface area contributed by atoms with E-state index >= 15 is 0 Å². The second-order valence-corrected chi connectivity index (χ2v) is 6.65. The molecule has 1 aliphatic rings. The molecule has 23 heavy (non-hydrogen) atoms. The molecule has 0 aliphatic heterocycles. The summed E-state index contributed by atoms with van der Waals surface area (Å²) in [5.41, 5.74) is -0.286. The van der Waals surface area contributed by atoms with E-state index in [1.807, 2.05) is 0 Å². The number of aliphatic hydroxyl groups excluding tert-OH is 1. The molecule has 1 aliphatic carbocycles.